The number of halogens is 2. The van der Waals surface area contributed by atoms with Crippen LogP contribution in [0.1, 0.15) is 13.8 Å². The molecular formula is C12H12BrClN4O2. The summed E-state index contributed by atoms with van der Waals surface area (Å²) in [5.41, 5.74) is -0.338. The van der Waals surface area contributed by atoms with E-state index in [0.717, 1.165) is 4.47 Å². The minimum Gasteiger partial charge on any atom is -0.481 e. The first-order valence-electron chi connectivity index (χ1n) is 5.76. The molecule has 8 heteroatoms. The molecule has 6 nitrogen and oxygen atoms in total. The third-order valence-electron chi connectivity index (χ3n) is 2.83. The summed E-state index contributed by atoms with van der Waals surface area (Å²) in [5.74, 6) is -0.482. The molecule has 1 heterocycles. The van der Waals surface area contributed by atoms with Crippen LogP contribution in [0.25, 0.3) is 11.4 Å². The van der Waals surface area contributed by atoms with Crippen molar-refractivity contribution in [3.8, 4) is 11.4 Å². The molecule has 0 aliphatic rings. The number of tetrazole rings is 1. The molecule has 0 saturated heterocycles. The van der Waals surface area contributed by atoms with Crippen molar-refractivity contribution in [2.24, 2.45) is 5.41 Å². The molecule has 0 saturated carbocycles. The highest BCUT2D eigenvalue weighted by atomic mass is 79.9. The number of aromatic nitrogens is 4. The van der Waals surface area contributed by atoms with Crippen LogP contribution in [-0.2, 0) is 11.3 Å². The average Bonchev–Trinajstić information content (AvgIpc) is 2.79. The molecule has 1 N–H and O–H groups in total. The van der Waals surface area contributed by atoms with E-state index in [1.807, 2.05) is 0 Å². The van der Waals surface area contributed by atoms with Crippen LogP contribution in [-0.4, -0.2) is 31.3 Å². The molecule has 0 fully saturated rings. The van der Waals surface area contributed by atoms with Crippen LogP contribution < -0.4 is 0 Å². The van der Waals surface area contributed by atoms with Gasteiger partial charge in [0.2, 0.25) is 0 Å². The molecule has 0 atom stereocenters. The van der Waals surface area contributed by atoms with Crippen molar-refractivity contribution >= 4 is 33.5 Å². The van der Waals surface area contributed by atoms with Crippen LogP contribution in [0.15, 0.2) is 22.7 Å². The lowest BCUT2D eigenvalue weighted by atomic mass is 9.94. The van der Waals surface area contributed by atoms with Gasteiger partial charge in [-0.1, -0.05) is 27.5 Å². The number of aliphatic carboxylic acids is 1. The second-order valence-corrected chi connectivity index (χ2v) is 6.30. The van der Waals surface area contributed by atoms with Gasteiger partial charge in [-0.2, -0.15) is 0 Å². The van der Waals surface area contributed by atoms with Gasteiger partial charge in [0.1, 0.15) is 0 Å². The number of nitrogens with zero attached hydrogens (tertiary/aromatic N) is 4. The van der Waals surface area contributed by atoms with Gasteiger partial charge in [0.25, 0.3) is 0 Å². The van der Waals surface area contributed by atoms with E-state index < -0.39 is 11.4 Å². The van der Waals surface area contributed by atoms with Crippen molar-refractivity contribution in [2.45, 2.75) is 20.4 Å². The number of carbonyl (C=O) groups is 1. The zero-order valence-corrected chi connectivity index (χ0v) is 13.2. The molecule has 0 spiro atoms. The maximum Gasteiger partial charge on any atom is 0.310 e. The zero-order valence-electron chi connectivity index (χ0n) is 10.8. The van der Waals surface area contributed by atoms with Crippen LogP contribution in [0.4, 0.5) is 0 Å². The number of carboxylic acids is 1. The number of hydrogen-bond donors (Lipinski definition) is 1. The molecule has 1 aromatic heterocycles. The van der Waals surface area contributed by atoms with Gasteiger partial charge in [-0.25, -0.2) is 4.68 Å². The Bertz CT molecular complexity index is 657. The van der Waals surface area contributed by atoms with E-state index in [4.69, 9.17) is 11.6 Å². The maximum absolute atomic E-state index is 11.2. The molecule has 1 aromatic carbocycles. The van der Waals surface area contributed by atoms with Gasteiger partial charge in [0.05, 0.1) is 17.0 Å². The molecule has 0 aliphatic carbocycles. The SMILES string of the molecule is CC(C)(Cn1nnnc1-c1cc(Br)ccc1Cl)C(=O)O. The van der Waals surface area contributed by atoms with Gasteiger partial charge in [-0.05, 0) is 42.5 Å². The molecule has 0 amide bonds. The van der Waals surface area contributed by atoms with Gasteiger partial charge < -0.3 is 5.11 Å². The first-order valence-corrected chi connectivity index (χ1v) is 6.93. The molecule has 0 aliphatic heterocycles. The van der Waals surface area contributed by atoms with Crippen LogP contribution in [0.5, 0.6) is 0 Å². The summed E-state index contributed by atoms with van der Waals surface area (Å²) < 4.78 is 2.28. The Kier molecular flexibility index (Phi) is 4.10. The average molecular weight is 360 g/mol. The minimum absolute atomic E-state index is 0.146. The Morgan fingerprint density at radius 3 is 2.85 bits per heavy atom. The highest BCUT2D eigenvalue weighted by molar-refractivity contribution is 9.10. The highest BCUT2D eigenvalue weighted by Crippen LogP contribution is 2.30. The van der Waals surface area contributed by atoms with E-state index in [-0.39, 0.29) is 6.54 Å². The number of carboxylic acid groups (broad SMARTS) is 1. The fraction of sp³-hybridized carbons (Fsp3) is 0.333. The maximum atomic E-state index is 11.2. The van der Waals surface area contributed by atoms with Gasteiger partial charge in [0, 0.05) is 10.0 Å². The van der Waals surface area contributed by atoms with E-state index >= 15 is 0 Å². The first-order chi connectivity index (χ1) is 9.31. The summed E-state index contributed by atoms with van der Waals surface area (Å²) in [5, 5.41) is 21.1. The summed E-state index contributed by atoms with van der Waals surface area (Å²) in [4.78, 5) is 11.2. The predicted octanol–water partition coefficient (Wildman–Crippen LogP) is 2.87. The number of benzene rings is 1. The van der Waals surface area contributed by atoms with E-state index in [2.05, 4.69) is 31.5 Å². The van der Waals surface area contributed by atoms with E-state index in [9.17, 15) is 9.90 Å². The van der Waals surface area contributed by atoms with Gasteiger partial charge >= 0.3 is 5.97 Å². The van der Waals surface area contributed by atoms with Crippen LogP contribution in [0.3, 0.4) is 0 Å². The van der Waals surface area contributed by atoms with Crippen molar-refractivity contribution in [1.82, 2.24) is 20.2 Å². The first kappa shape index (κ1) is 14.9. The van der Waals surface area contributed by atoms with Gasteiger partial charge in [-0.3, -0.25) is 4.79 Å². The Morgan fingerprint density at radius 2 is 2.20 bits per heavy atom. The van der Waals surface area contributed by atoms with Crippen molar-refractivity contribution in [3.63, 3.8) is 0 Å². The van der Waals surface area contributed by atoms with E-state index in [1.165, 1.54) is 4.68 Å². The van der Waals surface area contributed by atoms with Gasteiger partial charge in [0.15, 0.2) is 5.82 Å². The third kappa shape index (κ3) is 2.99. The number of rotatable bonds is 4. The molecule has 20 heavy (non-hydrogen) atoms. The molecule has 0 radical (unpaired) electrons. The Labute approximate surface area is 128 Å². The van der Waals surface area contributed by atoms with Crippen molar-refractivity contribution in [1.29, 1.82) is 0 Å². The summed E-state index contributed by atoms with van der Waals surface area (Å²) in [6.45, 7) is 3.38. The summed E-state index contributed by atoms with van der Waals surface area (Å²) in [6.07, 6.45) is 0. The lowest BCUT2D eigenvalue weighted by molar-refractivity contribution is -0.147. The largest absolute Gasteiger partial charge is 0.481 e. The molecule has 0 bridgehead atoms. The lowest BCUT2D eigenvalue weighted by Crippen LogP contribution is -2.30. The predicted molar refractivity (Wildman–Crippen MR) is 77.4 cm³/mol. The van der Waals surface area contributed by atoms with Crippen molar-refractivity contribution in [3.05, 3.63) is 27.7 Å². The summed E-state index contributed by atoms with van der Waals surface area (Å²) in [7, 11) is 0. The van der Waals surface area contributed by atoms with E-state index in [1.54, 1.807) is 32.0 Å². The topological polar surface area (TPSA) is 80.9 Å². The quantitative estimate of drug-likeness (QED) is 0.908. The fourth-order valence-electron chi connectivity index (χ4n) is 1.61. The molecular weight excluding hydrogens is 348 g/mol. The second kappa shape index (κ2) is 5.49. The molecule has 2 rings (SSSR count). The Balaban J connectivity index is 2.43. The normalized spacial score (nSPS) is 11.6. The lowest BCUT2D eigenvalue weighted by Gasteiger charge is -2.19. The molecule has 0 unspecified atom stereocenters. The monoisotopic (exact) mass is 358 g/mol. The Morgan fingerprint density at radius 1 is 1.50 bits per heavy atom. The second-order valence-electron chi connectivity index (χ2n) is 4.97. The van der Waals surface area contributed by atoms with Gasteiger partial charge in [-0.15, -0.1) is 5.10 Å². The van der Waals surface area contributed by atoms with Crippen molar-refractivity contribution in [2.75, 3.05) is 0 Å². The van der Waals surface area contributed by atoms with E-state index in [0.29, 0.717) is 16.4 Å². The molecule has 2 aromatic rings. The fourth-order valence-corrected chi connectivity index (χ4v) is 2.18. The zero-order chi connectivity index (χ0) is 14.9. The summed E-state index contributed by atoms with van der Waals surface area (Å²) >= 11 is 9.51. The van der Waals surface area contributed by atoms with Crippen LogP contribution in [0.2, 0.25) is 5.02 Å². The Hall–Kier alpha value is -1.47. The van der Waals surface area contributed by atoms with Crippen LogP contribution in [0, 0.1) is 5.41 Å². The third-order valence-corrected chi connectivity index (χ3v) is 3.65. The number of hydrogen-bond acceptors (Lipinski definition) is 4. The highest BCUT2D eigenvalue weighted by Gasteiger charge is 2.30. The summed E-state index contributed by atoms with van der Waals surface area (Å²) in [6, 6.07) is 5.32. The molecule has 106 valence electrons. The standard InChI is InChI=1S/C12H12BrClN4O2/c1-12(2,11(19)20)6-18-10(15-16-17-18)8-5-7(13)3-4-9(8)14/h3-5H,6H2,1-2H3,(H,19,20). The van der Waals surface area contributed by atoms with Crippen LogP contribution >= 0.6 is 27.5 Å². The minimum atomic E-state index is -0.984. The smallest absolute Gasteiger partial charge is 0.310 e. The van der Waals surface area contributed by atoms with Crippen molar-refractivity contribution < 1.29 is 9.90 Å².